The fraction of sp³-hybridized carbons (Fsp3) is 0.316. The third kappa shape index (κ3) is 3.54. The molecule has 0 bridgehead atoms. The van der Waals surface area contributed by atoms with E-state index >= 15 is 0 Å². The first-order valence-electron chi connectivity index (χ1n) is 7.90. The van der Waals surface area contributed by atoms with Gasteiger partial charge in [-0.15, -0.1) is 11.3 Å². The van der Waals surface area contributed by atoms with E-state index in [0.29, 0.717) is 0 Å². The molecule has 23 heavy (non-hydrogen) atoms. The fourth-order valence-corrected chi connectivity index (χ4v) is 3.67. The monoisotopic (exact) mass is 326 g/mol. The van der Waals surface area contributed by atoms with Gasteiger partial charge in [0, 0.05) is 22.4 Å². The average Bonchev–Trinajstić information content (AvgIpc) is 3.05. The molecule has 0 spiro atoms. The van der Waals surface area contributed by atoms with Crippen molar-refractivity contribution in [3.63, 3.8) is 0 Å². The van der Waals surface area contributed by atoms with Gasteiger partial charge in [-0.3, -0.25) is 4.98 Å². The van der Waals surface area contributed by atoms with E-state index in [1.54, 1.807) is 11.3 Å². The van der Waals surface area contributed by atoms with Crippen LogP contribution < -0.4 is 10.1 Å². The van der Waals surface area contributed by atoms with Crippen molar-refractivity contribution in [3.05, 3.63) is 57.9 Å². The van der Waals surface area contributed by atoms with Crippen LogP contribution in [-0.4, -0.2) is 18.6 Å². The maximum Gasteiger partial charge on any atom is 0.134 e. The molecule has 0 radical (unpaired) electrons. The highest BCUT2D eigenvalue weighted by molar-refractivity contribution is 7.10. The number of aryl methyl sites for hydroxylation is 2. The van der Waals surface area contributed by atoms with Gasteiger partial charge < -0.3 is 10.1 Å². The molecule has 3 nitrogen and oxygen atoms in total. The number of thiophene rings is 1. The van der Waals surface area contributed by atoms with Crippen LogP contribution in [0.4, 0.5) is 0 Å². The first kappa shape index (κ1) is 16.0. The smallest absolute Gasteiger partial charge is 0.134 e. The molecule has 3 rings (SSSR count). The highest BCUT2D eigenvalue weighted by atomic mass is 32.1. The number of ether oxygens (including phenoxy) is 1. The molecule has 0 saturated heterocycles. The van der Waals surface area contributed by atoms with Gasteiger partial charge in [0.05, 0.1) is 5.52 Å². The van der Waals surface area contributed by atoms with Crippen LogP contribution in [0.25, 0.3) is 10.9 Å². The summed E-state index contributed by atoms with van der Waals surface area (Å²) in [5.74, 6) is 0.919. The highest BCUT2D eigenvalue weighted by Crippen LogP contribution is 2.34. The van der Waals surface area contributed by atoms with Gasteiger partial charge >= 0.3 is 0 Å². The molecular weight excluding hydrogens is 304 g/mol. The summed E-state index contributed by atoms with van der Waals surface area (Å²) in [6.07, 6.45) is 1.000. The van der Waals surface area contributed by atoms with Gasteiger partial charge in [-0.05, 0) is 62.6 Å². The first-order valence-corrected chi connectivity index (χ1v) is 8.78. The molecule has 2 heterocycles. The molecule has 0 fully saturated rings. The van der Waals surface area contributed by atoms with Crippen LogP contribution in [0.3, 0.4) is 0 Å². The van der Waals surface area contributed by atoms with Crippen molar-refractivity contribution in [1.82, 2.24) is 10.3 Å². The maximum absolute atomic E-state index is 6.43. The number of rotatable bonds is 6. The van der Waals surface area contributed by atoms with Crippen molar-refractivity contribution in [3.8, 4) is 5.75 Å². The molecule has 0 saturated carbocycles. The Kier molecular flexibility index (Phi) is 4.94. The third-order valence-corrected chi connectivity index (χ3v) is 4.87. The van der Waals surface area contributed by atoms with Gasteiger partial charge in [0.15, 0.2) is 0 Å². The van der Waals surface area contributed by atoms with Gasteiger partial charge in [-0.25, -0.2) is 0 Å². The van der Waals surface area contributed by atoms with E-state index in [1.165, 1.54) is 10.4 Å². The van der Waals surface area contributed by atoms with E-state index < -0.39 is 0 Å². The molecule has 0 aliphatic heterocycles. The van der Waals surface area contributed by atoms with Crippen LogP contribution >= 0.6 is 11.3 Å². The zero-order valence-corrected chi connectivity index (χ0v) is 14.6. The number of aromatic nitrogens is 1. The quantitative estimate of drug-likeness (QED) is 0.716. The van der Waals surface area contributed by atoms with Gasteiger partial charge in [0.2, 0.25) is 0 Å². The number of nitrogens with one attached hydrogen (secondary N) is 1. The normalized spacial score (nSPS) is 12.5. The lowest BCUT2D eigenvalue weighted by Crippen LogP contribution is -2.15. The Morgan fingerprint density at radius 1 is 1.22 bits per heavy atom. The number of nitrogens with zero attached hydrogens (tertiary/aromatic N) is 1. The van der Waals surface area contributed by atoms with Crippen molar-refractivity contribution < 1.29 is 4.74 Å². The van der Waals surface area contributed by atoms with Crippen LogP contribution in [0.2, 0.25) is 0 Å². The average molecular weight is 326 g/mol. The van der Waals surface area contributed by atoms with Crippen molar-refractivity contribution in [2.24, 2.45) is 0 Å². The molecule has 2 aromatic heterocycles. The van der Waals surface area contributed by atoms with Crippen molar-refractivity contribution in [1.29, 1.82) is 0 Å². The molecule has 3 aromatic rings. The zero-order chi connectivity index (χ0) is 16.2. The largest absolute Gasteiger partial charge is 0.484 e. The standard InChI is InChI=1S/C19H22N2OS/c1-13-12-14(2)21-15-6-4-7-17(19(13)15)22-16(9-10-20-3)18-8-5-11-23-18/h4-8,11-12,16,20H,9-10H2,1-3H3. The van der Waals surface area contributed by atoms with Crippen LogP contribution in [0, 0.1) is 13.8 Å². The van der Waals surface area contributed by atoms with Crippen LogP contribution in [0.15, 0.2) is 41.8 Å². The predicted octanol–water partition coefficient (Wildman–Crippen LogP) is 4.64. The Bertz CT molecular complexity index is 783. The Labute approximate surface area is 141 Å². The molecule has 0 aliphatic rings. The molecule has 120 valence electrons. The predicted molar refractivity (Wildman–Crippen MR) is 97.4 cm³/mol. The van der Waals surface area contributed by atoms with E-state index in [9.17, 15) is 0 Å². The second-order valence-corrected chi connectivity index (χ2v) is 6.72. The topological polar surface area (TPSA) is 34.1 Å². The summed E-state index contributed by atoms with van der Waals surface area (Å²) in [5, 5.41) is 6.43. The van der Waals surface area contributed by atoms with Crippen LogP contribution in [0.1, 0.15) is 28.7 Å². The van der Waals surface area contributed by atoms with Gasteiger partial charge in [0.25, 0.3) is 0 Å². The molecule has 1 atom stereocenters. The van der Waals surface area contributed by atoms with E-state index in [0.717, 1.165) is 35.3 Å². The Hall–Kier alpha value is -1.91. The van der Waals surface area contributed by atoms with Gasteiger partial charge in [-0.1, -0.05) is 12.1 Å². The number of pyridine rings is 1. The summed E-state index contributed by atoms with van der Waals surface area (Å²) in [6, 6.07) is 12.5. The van der Waals surface area contributed by atoms with Crippen molar-refractivity contribution >= 4 is 22.2 Å². The van der Waals surface area contributed by atoms with Gasteiger partial charge in [-0.2, -0.15) is 0 Å². The number of benzene rings is 1. The summed E-state index contributed by atoms with van der Waals surface area (Å²) in [6.45, 7) is 5.07. The lowest BCUT2D eigenvalue weighted by Gasteiger charge is -2.20. The molecule has 1 unspecified atom stereocenters. The number of hydrogen-bond acceptors (Lipinski definition) is 4. The van der Waals surface area contributed by atoms with Crippen molar-refractivity contribution in [2.75, 3.05) is 13.6 Å². The van der Waals surface area contributed by atoms with E-state index in [2.05, 4.69) is 46.9 Å². The highest BCUT2D eigenvalue weighted by Gasteiger charge is 2.16. The van der Waals surface area contributed by atoms with Gasteiger partial charge in [0.1, 0.15) is 11.9 Å². The van der Waals surface area contributed by atoms with E-state index in [4.69, 9.17) is 4.74 Å². The Morgan fingerprint density at radius 3 is 2.83 bits per heavy atom. The maximum atomic E-state index is 6.43. The molecule has 4 heteroatoms. The fourth-order valence-electron chi connectivity index (χ4n) is 2.88. The van der Waals surface area contributed by atoms with Crippen LogP contribution in [-0.2, 0) is 0 Å². The van der Waals surface area contributed by atoms with Crippen molar-refractivity contribution in [2.45, 2.75) is 26.4 Å². The molecule has 0 amide bonds. The second-order valence-electron chi connectivity index (χ2n) is 5.74. The molecule has 1 N–H and O–H groups in total. The summed E-state index contributed by atoms with van der Waals surface area (Å²) < 4.78 is 6.43. The summed E-state index contributed by atoms with van der Waals surface area (Å²) in [4.78, 5) is 5.90. The molecular formula is C19H22N2OS. The Balaban J connectivity index is 1.98. The minimum atomic E-state index is 0.0637. The van der Waals surface area contributed by atoms with E-state index in [1.807, 2.05) is 26.1 Å². The molecule has 0 aliphatic carbocycles. The lowest BCUT2D eigenvalue weighted by atomic mass is 10.1. The SMILES string of the molecule is CNCCC(Oc1cccc2nc(C)cc(C)c12)c1cccs1. The minimum Gasteiger partial charge on any atom is -0.484 e. The summed E-state index contributed by atoms with van der Waals surface area (Å²) >= 11 is 1.74. The molecule has 1 aromatic carbocycles. The minimum absolute atomic E-state index is 0.0637. The third-order valence-electron chi connectivity index (χ3n) is 3.91. The lowest BCUT2D eigenvalue weighted by molar-refractivity contribution is 0.201. The summed E-state index contributed by atoms with van der Waals surface area (Å²) in [7, 11) is 1.97. The summed E-state index contributed by atoms with van der Waals surface area (Å²) in [5.41, 5.74) is 3.25. The number of hydrogen-bond donors (Lipinski definition) is 1. The Morgan fingerprint density at radius 2 is 2.09 bits per heavy atom. The number of fused-ring (bicyclic) bond motifs is 1. The van der Waals surface area contributed by atoms with E-state index in [-0.39, 0.29) is 6.10 Å². The van der Waals surface area contributed by atoms with Crippen LogP contribution in [0.5, 0.6) is 5.75 Å². The zero-order valence-electron chi connectivity index (χ0n) is 13.8. The first-order chi connectivity index (χ1) is 11.2. The second kappa shape index (κ2) is 7.11.